The highest BCUT2D eigenvalue weighted by atomic mass is 16.5. The molecule has 2 aliphatic heterocycles. The van der Waals surface area contributed by atoms with Crippen molar-refractivity contribution in [2.75, 3.05) is 19.6 Å². The Morgan fingerprint density at radius 3 is 2.44 bits per heavy atom. The van der Waals surface area contributed by atoms with Crippen LogP contribution in [-0.4, -0.2) is 64.3 Å². The second kappa shape index (κ2) is 8.57. The van der Waals surface area contributed by atoms with Gasteiger partial charge in [-0.3, -0.25) is 24.1 Å². The van der Waals surface area contributed by atoms with E-state index in [-0.39, 0.29) is 46.8 Å². The number of rotatable bonds is 5. The maximum Gasteiger partial charge on any atom is 0.273 e. The van der Waals surface area contributed by atoms with Crippen molar-refractivity contribution in [2.45, 2.75) is 39.7 Å². The molecular weight excluding hydrogens is 412 g/mol. The number of hydrogen-bond donors (Lipinski definition) is 1. The topological polar surface area (TPSA) is 113 Å². The number of imide groups is 1. The summed E-state index contributed by atoms with van der Waals surface area (Å²) < 4.78 is 4.93. The maximum absolute atomic E-state index is 13.0. The van der Waals surface area contributed by atoms with Crippen LogP contribution in [0, 0.1) is 12.8 Å². The number of carbonyl (C=O) groups is 4. The van der Waals surface area contributed by atoms with Gasteiger partial charge in [-0.1, -0.05) is 19.0 Å². The number of benzene rings is 1. The van der Waals surface area contributed by atoms with E-state index in [0.717, 1.165) is 0 Å². The highest BCUT2D eigenvalue weighted by Crippen LogP contribution is 2.26. The summed E-state index contributed by atoms with van der Waals surface area (Å²) in [6, 6.07) is 6.21. The van der Waals surface area contributed by atoms with E-state index in [1.165, 1.54) is 11.0 Å². The van der Waals surface area contributed by atoms with Crippen LogP contribution in [0.5, 0.6) is 0 Å². The molecule has 0 radical (unpaired) electrons. The van der Waals surface area contributed by atoms with Gasteiger partial charge in [0.2, 0.25) is 0 Å². The molecule has 1 aromatic carbocycles. The summed E-state index contributed by atoms with van der Waals surface area (Å²) in [6.07, 6.45) is 1.22. The molecule has 0 aliphatic carbocycles. The van der Waals surface area contributed by atoms with Crippen molar-refractivity contribution in [1.29, 1.82) is 0 Å². The van der Waals surface area contributed by atoms with Crippen LogP contribution >= 0.6 is 0 Å². The van der Waals surface area contributed by atoms with Gasteiger partial charge in [0.1, 0.15) is 5.76 Å². The fourth-order valence-electron chi connectivity index (χ4n) is 4.10. The van der Waals surface area contributed by atoms with E-state index < -0.39 is 0 Å². The van der Waals surface area contributed by atoms with Gasteiger partial charge >= 0.3 is 0 Å². The van der Waals surface area contributed by atoms with E-state index in [2.05, 4.69) is 10.5 Å². The Morgan fingerprint density at radius 2 is 1.81 bits per heavy atom. The molecule has 1 aromatic heterocycles. The number of aryl methyl sites for hydroxylation is 1. The first-order chi connectivity index (χ1) is 15.2. The maximum atomic E-state index is 13.0. The minimum absolute atomic E-state index is 0.0626. The van der Waals surface area contributed by atoms with Crippen molar-refractivity contribution >= 4 is 23.6 Å². The van der Waals surface area contributed by atoms with Crippen LogP contribution in [-0.2, 0) is 0 Å². The molecule has 1 N–H and O–H groups in total. The fraction of sp³-hybridized carbons (Fsp3) is 0.435. The first-order valence-corrected chi connectivity index (χ1v) is 10.8. The van der Waals surface area contributed by atoms with Crippen LogP contribution in [0.4, 0.5) is 0 Å². The second-order valence-corrected chi connectivity index (χ2v) is 8.74. The Bertz CT molecular complexity index is 1080. The van der Waals surface area contributed by atoms with Crippen molar-refractivity contribution in [3.8, 4) is 0 Å². The Morgan fingerprint density at radius 1 is 1.12 bits per heavy atom. The van der Waals surface area contributed by atoms with Gasteiger partial charge in [0.25, 0.3) is 23.6 Å². The summed E-state index contributed by atoms with van der Waals surface area (Å²) in [6.45, 7) is 6.91. The molecule has 0 bridgehead atoms. The number of aromatic nitrogens is 1. The number of hydrogen-bond acceptors (Lipinski definition) is 6. The molecule has 1 saturated heterocycles. The highest BCUT2D eigenvalue weighted by molar-refractivity contribution is 6.22. The number of nitrogens with zero attached hydrogens (tertiary/aromatic N) is 3. The largest absolute Gasteiger partial charge is 0.361 e. The van der Waals surface area contributed by atoms with Gasteiger partial charge < -0.3 is 14.7 Å². The molecule has 0 saturated carbocycles. The Hall–Kier alpha value is -3.49. The number of piperidine rings is 1. The Balaban J connectivity index is 1.38. The van der Waals surface area contributed by atoms with Gasteiger partial charge in [-0.2, -0.15) is 0 Å². The van der Waals surface area contributed by atoms with E-state index in [0.29, 0.717) is 49.4 Å². The monoisotopic (exact) mass is 438 g/mol. The highest BCUT2D eigenvalue weighted by Gasteiger charge is 2.36. The molecule has 2 aliphatic rings. The summed E-state index contributed by atoms with van der Waals surface area (Å²) in [5.41, 5.74) is 1.25. The summed E-state index contributed by atoms with van der Waals surface area (Å²) in [5, 5.41) is 6.64. The molecule has 0 spiro atoms. The third-order valence-electron chi connectivity index (χ3n) is 5.74. The number of nitrogens with one attached hydrogen (secondary N) is 1. The van der Waals surface area contributed by atoms with Gasteiger partial charge in [-0.15, -0.1) is 0 Å². The van der Waals surface area contributed by atoms with Crippen LogP contribution in [0.1, 0.15) is 74.0 Å². The van der Waals surface area contributed by atoms with E-state index in [1.807, 2.05) is 13.8 Å². The smallest absolute Gasteiger partial charge is 0.273 e. The number of fused-ring (bicyclic) bond motifs is 1. The van der Waals surface area contributed by atoms with Crippen LogP contribution in [0.3, 0.4) is 0 Å². The fourth-order valence-corrected chi connectivity index (χ4v) is 4.10. The lowest BCUT2D eigenvalue weighted by Crippen LogP contribution is -2.46. The minimum atomic E-state index is -0.349. The van der Waals surface area contributed by atoms with Gasteiger partial charge in [0.05, 0.1) is 11.1 Å². The molecule has 9 nitrogen and oxygen atoms in total. The lowest BCUT2D eigenvalue weighted by Gasteiger charge is -2.32. The molecule has 0 atom stereocenters. The zero-order chi connectivity index (χ0) is 23.0. The normalized spacial score (nSPS) is 16.6. The molecule has 0 unspecified atom stereocenters. The zero-order valence-electron chi connectivity index (χ0n) is 18.4. The van der Waals surface area contributed by atoms with Crippen molar-refractivity contribution in [2.24, 2.45) is 5.92 Å². The summed E-state index contributed by atoms with van der Waals surface area (Å²) in [5.74, 6) is -0.410. The third-order valence-corrected chi connectivity index (χ3v) is 5.74. The molecule has 1 fully saturated rings. The van der Waals surface area contributed by atoms with Crippen LogP contribution in [0.15, 0.2) is 28.8 Å². The zero-order valence-corrected chi connectivity index (χ0v) is 18.4. The van der Waals surface area contributed by atoms with Crippen molar-refractivity contribution in [3.63, 3.8) is 0 Å². The van der Waals surface area contributed by atoms with Crippen LogP contribution in [0.25, 0.3) is 0 Å². The summed E-state index contributed by atoms with van der Waals surface area (Å²) in [7, 11) is 0. The Labute approximate surface area is 185 Å². The predicted octanol–water partition coefficient (Wildman–Crippen LogP) is 2.27. The lowest BCUT2D eigenvalue weighted by molar-refractivity contribution is 0.0634. The molecular formula is C23H26N4O5. The summed E-state index contributed by atoms with van der Waals surface area (Å²) >= 11 is 0. The molecule has 32 heavy (non-hydrogen) atoms. The van der Waals surface area contributed by atoms with Gasteiger partial charge in [0.15, 0.2) is 5.69 Å². The van der Waals surface area contributed by atoms with E-state index in [4.69, 9.17) is 4.52 Å². The van der Waals surface area contributed by atoms with Gasteiger partial charge in [0, 0.05) is 37.3 Å². The molecule has 3 heterocycles. The van der Waals surface area contributed by atoms with Crippen LogP contribution in [0.2, 0.25) is 0 Å². The van der Waals surface area contributed by atoms with E-state index in [9.17, 15) is 19.2 Å². The first kappa shape index (κ1) is 21.7. The number of amides is 4. The Kier molecular flexibility index (Phi) is 5.82. The lowest BCUT2D eigenvalue weighted by atomic mass is 10.0. The minimum Gasteiger partial charge on any atom is -0.361 e. The van der Waals surface area contributed by atoms with E-state index in [1.54, 1.807) is 30.0 Å². The molecule has 4 amide bonds. The molecule has 168 valence electrons. The standard InChI is InChI=1S/C23H26N4O5/c1-13(2)12-27-22(30)17-5-4-15(11-18(17)23(27)31)21(29)26-8-6-16(7-9-26)24-20(28)19-10-14(3)32-25-19/h4-5,10-11,13,16H,6-9,12H2,1-3H3,(H,24,28). The van der Waals surface area contributed by atoms with Crippen molar-refractivity contribution in [1.82, 2.24) is 20.3 Å². The van der Waals surface area contributed by atoms with Gasteiger partial charge in [-0.05, 0) is 43.9 Å². The number of carbonyl (C=O) groups excluding carboxylic acids is 4. The average molecular weight is 438 g/mol. The average Bonchev–Trinajstić information content (AvgIpc) is 3.31. The SMILES string of the molecule is Cc1cc(C(=O)NC2CCN(C(=O)c3ccc4c(c3)C(=O)N(CC(C)C)C4=O)CC2)no1. The predicted molar refractivity (Wildman–Crippen MR) is 114 cm³/mol. The van der Waals surface area contributed by atoms with Crippen LogP contribution < -0.4 is 5.32 Å². The molecule has 4 rings (SSSR count). The first-order valence-electron chi connectivity index (χ1n) is 10.8. The van der Waals surface area contributed by atoms with Crippen molar-refractivity contribution < 1.29 is 23.7 Å². The van der Waals surface area contributed by atoms with Crippen molar-refractivity contribution in [3.05, 3.63) is 52.4 Å². The quantitative estimate of drug-likeness (QED) is 0.717. The molecule has 2 aromatic rings. The summed E-state index contributed by atoms with van der Waals surface area (Å²) in [4.78, 5) is 53.4. The molecule has 9 heteroatoms. The number of likely N-dealkylation sites (tertiary alicyclic amines) is 1. The third kappa shape index (κ3) is 4.15. The van der Waals surface area contributed by atoms with E-state index >= 15 is 0 Å². The second-order valence-electron chi connectivity index (χ2n) is 8.74. The van der Waals surface area contributed by atoms with Gasteiger partial charge in [-0.25, -0.2) is 0 Å².